The second-order valence-corrected chi connectivity index (χ2v) is 9.44. The highest BCUT2D eigenvalue weighted by Gasteiger charge is 2.36. The van der Waals surface area contributed by atoms with Gasteiger partial charge in [0.2, 0.25) is 0 Å². The van der Waals surface area contributed by atoms with Crippen molar-refractivity contribution in [2.24, 2.45) is 11.3 Å². The van der Waals surface area contributed by atoms with Crippen LogP contribution >= 0.6 is 0 Å². The molecular weight excluding hydrogens is 356 g/mol. The van der Waals surface area contributed by atoms with E-state index in [2.05, 4.69) is 19.1 Å². The summed E-state index contributed by atoms with van der Waals surface area (Å²) in [6.45, 7) is 6.06. The van der Waals surface area contributed by atoms with E-state index in [9.17, 15) is 9.90 Å². The van der Waals surface area contributed by atoms with E-state index >= 15 is 0 Å². The molecule has 0 bridgehead atoms. The number of carboxylic acids is 1. The van der Waals surface area contributed by atoms with Gasteiger partial charge in [-0.2, -0.15) is 0 Å². The van der Waals surface area contributed by atoms with Crippen LogP contribution in [0.1, 0.15) is 116 Å². The van der Waals surface area contributed by atoms with Gasteiger partial charge in [0.25, 0.3) is 0 Å². The van der Waals surface area contributed by atoms with Crippen molar-refractivity contribution in [2.75, 3.05) is 0 Å². The maximum Gasteiger partial charge on any atom is 0.309 e. The zero-order chi connectivity index (χ0) is 21.4. The quantitative estimate of drug-likeness (QED) is 0.250. The van der Waals surface area contributed by atoms with Crippen molar-refractivity contribution in [3.63, 3.8) is 0 Å². The summed E-state index contributed by atoms with van der Waals surface area (Å²) in [6.07, 6.45) is 19.4. The van der Waals surface area contributed by atoms with Gasteiger partial charge in [-0.25, -0.2) is 0 Å². The third-order valence-electron chi connectivity index (χ3n) is 6.55. The average molecular weight is 403 g/mol. The van der Waals surface area contributed by atoms with Crippen LogP contribution in [-0.4, -0.2) is 11.1 Å². The molecule has 1 aromatic rings. The lowest BCUT2D eigenvalue weighted by Crippen LogP contribution is -2.34. The fourth-order valence-electron chi connectivity index (χ4n) is 4.20. The first-order valence-electron chi connectivity index (χ1n) is 12.3. The Morgan fingerprint density at radius 2 is 1.24 bits per heavy atom. The van der Waals surface area contributed by atoms with E-state index in [1.165, 1.54) is 82.6 Å². The number of carbonyl (C=O) groups is 1. The van der Waals surface area contributed by atoms with Crippen LogP contribution in [0.15, 0.2) is 30.3 Å². The number of aliphatic carboxylic acids is 1. The first-order valence-corrected chi connectivity index (χ1v) is 12.3. The monoisotopic (exact) mass is 402 g/mol. The third kappa shape index (κ3) is 11.5. The lowest BCUT2D eigenvalue weighted by Gasteiger charge is -2.31. The molecule has 0 saturated heterocycles. The Morgan fingerprint density at radius 3 is 1.69 bits per heavy atom. The molecule has 166 valence electrons. The van der Waals surface area contributed by atoms with Gasteiger partial charge in [-0.1, -0.05) is 121 Å². The molecule has 1 unspecified atom stereocenters. The Balaban J connectivity index is 2.17. The lowest BCUT2D eigenvalue weighted by atomic mass is 9.73. The zero-order valence-electron chi connectivity index (χ0n) is 19.4. The lowest BCUT2D eigenvalue weighted by molar-refractivity contribution is -0.150. The molecule has 29 heavy (non-hydrogen) atoms. The molecule has 0 aliphatic carbocycles. The average Bonchev–Trinajstić information content (AvgIpc) is 2.71. The molecule has 0 aliphatic rings. The summed E-state index contributed by atoms with van der Waals surface area (Å²) in [6, 6.07) is 10.4. The van der Waals surface area contributed by atoms with Gasteiger partial charge in [0.15, 0.2) is 0 Å². The molecule has 0 saturated carbocycles. The predicted octanol–water partition coefficient (Wildman–Crippen LogP) is 8.44. The van der Waals surface area contributed by atoms with Crippen LogP contribution < -0.4 is 0 Å². The summed E-state index contributed by atoms with van der Waals surface area (Å²) in [5, 5.41) is 9.69. The highest BCUT2D eigenvalue weighted by atomic mass is 16.4. The Hall–Kier alpha value is -1.31. The minimum atomic E-state index is -0.674. The Bertz CT molecular complexity index is 521. The van der Waals surface area contributed by atoms with E-state index in [0.29, 0.717) is 0 Å². The van der Waals surface area contributed by atoms with Crippen LogP contribution in [0.4, 0.5) is 0 Å². The van der Waals surface area contributed by atoms with Crippen molar-refractivity contribution < 1.29 is 9.90 Å². The molecule has 0 aromatic heterocycles. The van der Waals surface area contributed by atoms with Gasteiger partial charge < -0.3 is 5.11 Å². The Kier molecular flexibility index (Phi) is 13.8. The van der Waals surface area contributed by atoms with Crippen molar-refractivity contribution in [2.45, 2.75) is 117 Å². The minimum Gasteiger partial charge on any atom is -0.481 e. The second kappa shape index (κ2) is 15.5. The van der Waals surface area contributed by atoms with Crippen molar-refractivity contribution in [3.8, 4) is 0 Å². The summed E-state index contributed by atoms with van der Waals surface area (Å²) >= 11 is 0. The standard InChI is InChI=1S/C27H46O2/c1-4-5-6-7-8-9-10-11-12-13-14-15-19-22-25(27(2,3)26(28)29)23-24-20-17-16-18-21-24/h16-18,20-21,25H,4-15,19,22-23H2,1-3H3,(H,28,29). The van der Waals surface area contributed by atoms with Crippen LogP contribution in [0.25, 0.3) is 0 Å². The van der Waals surface area contributed by atoms with E-state index in [0.717, 1.165) is 19.3 Å². The van der Waals surface area contributed by atoms with Gasteiger partial charge in [-0.3, -0.25) is 4.79 Å². The molecule has 0 spiro atoms. The summed E-state index contributed by atoms with van der Waals surface area (Å²) in [5.74, 6) is -0.483. The summed E-state index contributed by atoms with van der Waals surface area (Å²) in [4.78, 5) is 11.8. The van der Waals surface area contributed by atoms with Gasteiger partial charge in [0, 0.05) is 0 Å². The first kappa shape index (κ1) is 25.7. The molecule has 0 fully saturated rings. The fraction of sp³-hybridized carbons (Fsp3) is 0.741. The summed E-state index contributed by atoms with van der Waals surface area (Å²) in [7, 11) is 0. The van der Waals surface area contributed by atoms with Crippen LogP contribution in [0.5, 0.6) is 0 Å². The molecule has 0 heterocycles. The number of benzene rings is 1. The largest absolute Gasteiger partial charge is 0.481 e. The van der Waals surface area contributed by atoms with Crippen molar-refractivity contribution in [1.82, 2.24) is 0 Å². The molecule has 0 radical (unpaired) electrons. The normalized spacial score (nSPS) is 12.8. The molecular formula is C27H46O2. The number of carboxylic acid groups (broad SMARTS) is 1. The molecule has 1 rings (SSSR count). The molecule has 1 atom stereocenters. The molecule has 1 N–H and O–H groups in total. The van der Waals surface area contributed by atoms with Crippen molar-refractivity contribution >= 4 is 5.97 Å². The van der Waals surface area contributed by atoms with Crippen molar-refractivity contribution in [3.05, 3.63) is 35.9 Å². The van der Waals surface area contributed by atoms with Crippen LogP contribution in [0.3, 0.4) is 0 Å². The van der Waals surface area contributed by atoms with E-state index in [1.54, 1.807) is 0 Å². The maximum atomic E-state index is 11.8. The maximum absolute atomic E-state index is 11.8. The van der Waals surface area contributed by atoms with E-state index in [-0.39, 0.29) is 5.92 Å². The second-order valence-electron chi connectivity index (χ2n) is 9.44. The molecule has 0 aliphatic heterocycles. The minimum absolute atomic E-state index is 0.190. The number of unbranched alkanes of at least 4 members (excludes halogenated alkanes) is 12. The van der Waals surface area contributed by atoms with E-state index in [1.807, 2.05) is 32.0 Å². The van der Waals surface area contributed by atoms with Gasteiger partial charge in [0.05, 0.1) is 5.41 Å². The first-order chi connectivity index (χ1) is 14.0. The molecule has 2 nitrogen and oxygen atoms in total. The van der Waals surface area contributed by atoms with Gasteiger partial charge in [0.1, 0.15) is 0 Å². The van der Waals surface area contributed by atoms with Crippen LogP contribution in [0.2, 0.25) is 0 Å². The molecule has 1 aromatic carbocycles. The third-order valence-corrected chi connectivity index (χ3v) is 6.55. The van der Waals surface area contributed by atoms with Crippen LogP contribution in [-0.2, 0) is 11.2 Å². The van der Waals surface area contributed by atoms with Crippen LogP contribution in [0, 0.1) is 11.3 Å². The summed E-state index contributed by atoms with van der Waals surface area (Å²) in [5.41, 5.74) is 0.578. The fourth-order valence-corrected chi connectivity index (χ4v) is 4.20. The SMILES string of the molecule is CCCCCCCCCCCCCCCC(Cc1ccccc1)C(C)(C)C(=O)O. The van der Waals surface area contributed by atoms with E-state index < -0.39 is 11.4 Å². The Morgan fingerprint density at radius 1 is 0.793 bits per heavy atom. The summed E-state index contributed by atoms with van der Waals surface area (Å²) < 4.78 is 0. The van der Waals surface area contributed by atoms with Gasteiger partial charge in [-0.05, 0) is 38.2 Å². The highest BCUT2D eigenvalue weighted by molar-refractivity contribution is 5.74. The molecule has 2 heteroatoms. The van der Waals surface area contributed by atoms with Gasteiger partial charge in [-0.15, -0.1) is 0 Å². The molecule has 0 amide bonds. The predicted molar refractivity (Wildman–Crippen MR) is 125 cm³/mol. The number of hydrogen-bond acceptors (Lipinski definition) is 1. The Labute approximate surface area is 180 Å². The zero-order valence-corrected chi connectivity index (χ0v) is 19.4. The number of rotatable bonds is 18. The number of hydrogen-bond donors (Lipinski definition) is 1. The smallest absolute Gasteiger partial charge is 0.309 e. The topological polar surface area (TPSA) is 37.3 Å². The van der Waals surface area contributed by atoms with Crippen molar-refractivity contribution in [1.29, 1.82) is 0 Å². The van der Waals surface area contributed by atoms with Gasteiger partial charge >= 0.3 is 5.97 Å². The highest BCUT2D eigenvalue weighted by Crippen LogP contribution is 2.34. The van der Waals surface area contributed by atoms with E-state index in [4.69, 9.17) is 0 Å².